The number of rotatable bonds is 2. The molecule has 2 aliphatic heterocycles. The van der Waals surface area contributed by atoms with Crippen molar-refractivity contribution in [2.75, 3.05) is 40.4 Å². The summed E-state index contributed by atoms with van der Waals surface area (Å²) in [5.41, 5.74) is 2.24. The summed E-state index contributed by atoms with van der Waals surface area (Å²) < 4.78 is 17.3. The molecule has 2 aromatic rings. The topological polar surface area (TPSA) is 97.4 Å². The van der Waals surface area contributed by atoms with Crippen LogP contribution in [0.4, 0.5) is 0 Å². The van der Waals surface area contributed by atoms with Gasteiger partial charge in [-0.15, -0.1) is 0 Å². The number of likely N-dealkylation sites (tertiary alicyclic amines) is 1. The van der Waals surface area contributed by atoms with Gasteiger partial charge in [-0.3, -0.25) is 14.4 Å². The SMILES string of the molecule is COCC(=O)N1CC[C@H]2OCc3cccc(c3)Oc3cc(ccc3C)C(=O)N(C)CC(=O)N[C@H]2C1. The van der Waals surface area contributed by atoms with E-state index in [9.17, 15) is 14.4 Å². The first-order valence-electron chi connectivity index (χ1n) is 11.6. The van der Waals surface area contributed by atoms with Crippen molar-refractivity contribution in [3.8, 4) is 11.5 Å². The number of fused-ring (bicyclic) bond motifs is 5. The van der Waals surface area contributed by atoms with Crippen LogP contribution in [0, 0.1) is 6.92 Å². The van der Waals surface area contributed by atoms with Crippen molar-refractivity contribution in [3.63, 3.8) is 0 Å². The molecule has 2 aliphatic rings. The number of likely N-dealkylation sites (N-methyl/N-ethyl adjacent to an activating group) is 1. The molecule has 3 amide bonds. The molecule has 0 spiro atoms. The molecule has 186 valence electrons. The number of carbonyl (C=O) groups excluding carboxylic acids is 3. The van der Waals surface area contributed by atoms with Crippen LogP contribution in [0.5, 0.6) is 11.5 Å². The van der Waals surface area contributed by atoms with E-state index in [0.717, 1.165) is 11.1 Å². The summed E-state index contributed by atoms with van der Waals surface area (Å²) in [6.45, 7) is 2.91. The van der Waals surface area contributed by atoms with E-state index in [1.165, 1.54) is 12.0 Å². The third-order valence-electron chi connectivity index (χ3n) is 6.27. The second kappa shape index (κ2) is 10.9. The van der Waals surface area contributed by atoms with Gasteiger partial charge >= 0.3 is 0 Å². The number of benzene rings is 2. The van der Waals surface area contributed by atoms with Gasteiger partial charge in [0.25, 0.3) is 5.91 Å². The molecule has 9 nitrogen and oxygen atoms in total. The largest absolute Gasteiger partial charge is 0.457 e. The van der Waals surface area contributed by atoms with Gasteiger partial charge in [-0.05, 0) is 48.7 Å². The average molecular weight is 482 g/mol. The highest BCUT2D eigenvalue weighted by Gasteiger charge is 2.33. The molecule has 0 aromatic heterocycles. The van der Waals surface area contributed by atoms with Gasteiger partial charge in [0.2, 0.25) is 11.8 Å². The highest BCUT2D eigenvalue weighted by molar-refractivity contribution is 5.96. The predicted octanol–water partition coefficient (Wildman–Crippen LogP) is 2.12. The van der Waals surface area contributed by atoms with Crippen LogP contribution < -0.4 is 10.1 Å². The molecule has 9 heteroatoms. The summed E-state index contributed by atoms with van der Waals surface area (Å²) in [5.74, 6) is 0.466. The first kappa shape index (κ1) is 24.7. The zero-order valence-corrected chi connectivity index (χ0v) is 20.3. The summed E-state index contributed by atoms with van der Waals surface area (Å²) in [4.78, 5) is 41.3. The number of amides is 3. The lowest BCUT2D eigenvalue weighted by molar-refractivity contribution is -0.140. The number of hydrogen-bond acceptors (Lipinski definition) is 6. The monoisotopic (exact) mass is 481 g/mol. The van der Waals surface area contributed by atoms with Gasteiger partial charge in [0.05, 0.1) is 25.3 Å². The fourth-order valence-electron chi connectivity index (χ4n) is 4.34. The van der Waals surface area contributed by atoms with Crippen molar-refractivity contribution in [1.29, 1.82) is 0 Å². The average Bonchev–Trinajstić information content (AvgIpc) is 2.84. The van der Waals surface area contributed by atoms with Crippen LogP contribution in [0.25, 0.3) is 0 Å². The zero-order chi connectivity index (χ0) is 24.9. The predicted molar refractivity (Wildman–Crippen MR) is 128 cm³/mol. The number of hydrogen-bond donors (Lipinski definition) is 1. The van der Waals surface area contributed by atoms with Crippen LogP contribution in [-0.4, -0.2) is 80.1 Å². The quantitative estimate of drug-likeness (QED) is 0.706. The molecule has 0 saturated carbocycles. The summed E-state index contributed by atoms with van der Waals surface area (Å²) >= 11 is 0. The zero-order valence-electron chi connectivity index (χ0n) is 20.3. The normalized spacial score (nSPS) is 21.1. The number of nitrogens with zero attached hydrogens (tertiary/aromatic N) is 2. The first-order valence-corrected chi connectivity index (χ1v) is 11.6. The van der Waals surface area contributed by atoms with Gasteiger partial charge in [-0.2, -0.15) is 0 Å². The number of piperidine rings is 1. The van der Waals surface area contributed by atoms with Crippen molar-refractivity contribution in [2.45, 2.75) is 32.1 Å². The van der Waals surface area contributed by atoms with E-state index in [1.807, 2.05) is 37.3 Å². The Hall–Kier alpha value is -3.43. The fraction of sp³-hybridized carbons (Fsp3) is 0.423. The maximum Gasteiger partial charge on any atom is 0.254 e. The van der Waals surface area contributed by atoms with Crippen molar-refractivity contribution in [2.24, 2.45) is 0 Å². The van der Waals surface area contributed by atoms with E-state index in [2.05, 4.69) is 5.32 Å². The highest BCUT2D eigenvalue weighted by atomic mass is 16.5. The second-order valence-corrected chi connectivity index (χ2v) is 8.98. The van der Waals surface area contributed by atoms with Crippen LogP contribution in [0.1, 0.15) is 27.9 Å². The standard InChI is InChI=1S/C26H31N3O6/c1-17-7-8-19-12-23(17)35-20-6-4-5-18(11-20)15-34-22-9-10-29(25(31)16-33-3)13-21(22)27-24(30)14-28(2)26(19)32/h4-8,11-12,21-22H,9-10,13-16H2,1-3H3,(H,27,30)/t21-,22+/m0/s1. The van der Waals surface area contributed by atoms with E-state index in [4.69, 9.17) is 14.2 Å². The Morgan fingerprint density at radius 3 is 2.83 bits per heavy atom. The minimum absolute atomic E-state index is 0.0191. The molecule has 4 rings (SSSR count). The van der Waals surface area contributed by atoms with E-state index in [0.29, 0.717) is 43.2 Å². The van der Waals surface area contributed by atoms with E-state index >= 15 is 0 Å². The van der Waals surface area contributed by atoms with E-state index in [-0.39, 0.29) is 37.0 Å². The van der Waals surface area contributed by atoms with Gasteiger partial charge in [-0.25, -0.2) is 0 Å². The third-order valence-corrected chi connectivity index (χ3v) is 6.27. The summed E-state index contributed by atoms with van der Waals surface area (Å²) in [6.07, 6.45) is 0.272. The van der Waals surface area contributed by atoms with Gasteiger partial charge < -0.3 is 29.3 Å². The van der Waals surface area contributed by atoms with Crippen LogP contribution >= 0.6 is 0 Å². The summed E-state index contributed by atoms with van der Waals surface area (Å²) in [5, 5.41) is 2.98. The van der Waals surface area contributed by atoms with Crippen LogP contribution in [-0.2, 0) is 25.7 Å². The Morgan fingerprint density at radius 2 is 2.03 bits per heavy atom. The lowest BCUT2D eigenvalue weighted by Gasteiger charge is -2.39. The Balaban J connectivity index is 1.62. The molecule has 35 heavy (non-hydrogen) atoms. The molecule has 1 N–H and O–H groups in total. The first-order chi connectivity index (χ1) is 16.8. The van der Waals surface area contributed by atoms with Gasteiger partial charge in [0.15, 0.2) is 0 Å². The molecule has 0 radical (unpaired) electrons. The lowest BCUT2D eigenvalue weighted by Crippen LogP contribution is -2.58. The second-order valence-electron chi connectivity index (χ2n) is 8.98. The molecule has 1 fully saturated rings. The van der Waals surface area contributed by atoms with Gasteiger partial charge in [0.1, 0.15) is 18.1 Å². The summed E-state index contributed by atoms with van der Waals surface area (Å²) in [7, 11) is 3.06. The molecule has 1 saturated heterocycles. The number of aryl methyl sites for hydroxylation is 1. The molecular formula is C26H31N3O6. The number of methoxy groups -OCH3 is 1. The number of carbonyl (C=O) groups is 3. The van der Waals surface area contributed by atoms with Crippen LogP contribution in [0.15, 0.2) is 42.5 Å². The molecule has 2 heterocycles. The fourth-order valence-corrected chi connectivity index (χ4v) is 4.34. The molecule has 0 aliphatic carbocycles. The third kappa shape index (κ3) is 5.98. The van der Waals surface area contributed by atoms with Crippen molar-refractivity contribution >= 4 is 17.7 Å². The number of ether oxygens (including phenoxy) is 3. The molecular weight excluding hydrogens is 450 g/mol. The Labute approximate surface area is 204 Å². The lowest BCUT2D eigenvalue weighted by atomic mass is 10.0. The van der Waals surface area contributed by atoms with Crippen molar-refractivity contribution in [1.82, 2.24) is 15.1 Å². The number of nitrogens with one attached hydrogen (secondary N) is 1. The van der Waals surface area contributed by atoms with Crippen molar-refractivity contribution < 1.29 is 28.6 Å². The van der Waals surface area contributed by atoms with E-state index in [1.54, 1.807) is 24.1 Å². The van der Waals surface area contributed by atoms with Crippen molar-refractivity contribution in [3.05, 3.63) is 59.2 Å². The maximum atomic E-state index is 13.0. The minimum Gasteiger partial charge on any atom is -0.457 e. The summed E-state index contributed by atoms with van der Waals surface area (Å²) in [6, 6.07) is 12.4. The van der Waals surface area contributed by atoms with Crippen LogP contribution in [0.2, 0.25) is 0 Å². The molecule has 2 atom stereocenters. The van der Waals surface area contributed by atoms with E-state index < -0.39 is 6.04 Å². The minimum atomic E-state index is -0.418. The Morgan fingerprint density at radius 1 is 1.20 bits per heavy atom. The smallest absolute Gasteiger partial charge is 0.254 e. The molecule has 4 bridgehead atoms. The Kier molecular flexibility index (Phi) is 7.67. The maximum absolute atomic E-state index is 13.0. The highest BCUT2D eigenvalue weighted by Crippen LogP contribution is 2.28. The molecule has 0 unspecified atom stereocenters. The van der Waals surface area contributed by atoms with Gasteiger partial charge in [0, 0.05) is 32.8 Å². The van der Waals surface area contributed by atoms with Gasteiger partial charge in [-0.1, -0.05) is 18.2 Å². The van der Waals surface area contributed by atoms with Crippen LogP contribution in [0.3, 0.4) is 0 Å². The Bertz CT molecular complexity index is 1100. The molecule has 2 aromatic carbocycles.